The fraction of sp³-hybridized carbons (Fsp3) is 0.500. The topological polar surface area (TPSA) is 39.2 Å². The molecule has 0 aromatic carbocycles. The second kappa shape index (κ2) is 4.21. The molecule has 1 rings (SSSR count). The second-order valence-corrected chi connectivity index (χ2v) is 3.51. The lowest BCUT2D eigenvalue weighted by Crippen LogP contribution is -2.03. The largest absolute Gasteiger partial charge is 0.465 e. The van der Waals surface area contributed by atoms with Crippen LogP contribution in [-0.2, 0) is 16.0 Å². The van der Waals surface area contributed by atoms with Gasteiger partial charge in [-0.25, -0.2) is 4.98 Å². The average Bonchev–Trinajstić information content (AvgIpc) is 2.35. The van der Waals surface area contributed by atoms with Crippen LogP contribution in [0.1, 0.15) is 17.6 Å². The van der Waals surface area contributed by atoms with Gasteiger partial charge in [0.05, 0.1) is 17.3 Å². The predicted octanol–water partition coefficient (Wildman–Crippen LogP) is 1.56. The molecule has 0 unspecified atom stereocenters. The van der Waals surface area contributed by atoms with Crippen molar-refractivity contribution in [1.82, 2.24) is 4.98 Å². The lowest BCUT2D eigenvalue weighted by molar-refractivity contribution is -0.140. The maximum Gasteiger partial charge on any atom is 0.302 e. The molecule has 66 valence electrons. The third-order valence-corrected chi connectivity index (χ3v) is 2.15. The van der Waals surface area contributed by atoms with Crippen molar-refractivity contribution in [2.24, 2.45) is 0 Å². The van der Waals surface area contributed by atoms with Gasteiger partial charge in [-0.15, -0.1) is 11.3 Å². The Morgan fingerprint density at radius 2 is 2.50 bits per heavy atom. The molecule has 1 heterocycles. The van der Waals surface area contributed by atoms with E-state index in [9.17, 15) is 4.79 Å². The Morgan fingerprint density at radius 1 is 1.75 bits per heavy atom. The zero-order valence-corrected chi connectivity index (χ0v) is 7.98. The Labute approximate surface area is 75.4 Å². The number of ether oxygens (including phenoxy) is 1. The van der Waals surface area contributed by atoms with E-state index in [1.165, 1.54) is 6.92 Å². The van der Waals surface area contributed by atoms with Crippen LogP contribution in [0.4, 0.5) is 0 Å². The van der Waals surface area contributed by atoms with E-state index in [1.807, 2.05) is 12.3 Å². The highest BCUT2D eigenvalue weighted by atomic mass is 32.1. The van der Waals surface area contributed by atoms with E-state index in [-0.39, 0.29) is 5.97 Å². The minimum Gasteiger partial charge on any atom is -0.465 e. The SMILES string of the molecule is CC(=O)OCCc1csc(C)n1. The lowest BCUT2D eigenvalue weighted by Gasteiger charge is -1.97. The minimum atomic E-state index is -0.234. The first-order valence-corrected chi connectivity index (χ1v) is 4.61. The quantitative estimate of drug-likeness (QED) is 0.671. The van der Waals surface area contributed by atoms with Crippen LogP contribution in [0.3, 0.4) is 0 Å². The molecule has 4 heteroatoms. The van der Waals surface area contributed by atoms with Crippen LogP contribution in [-0.4, -0.2) is 17.6 Å². The van der Waals surface area contributed by atoms with Crippen molar-refractivity contribution in [3.8, 4) is 0 Å². The predicted molar refractivity (Wildman–Crippen MR) is 47.2 cm³/mol. The molecule has 0 amide bonds. The van der Waals surface area contributed by atoms with Gasteiger partial charge in [0.25, 0.3) is 0 Å². The van der Waals surface area contributed by atoms with Gasteiger partial charge < -0.3 is 4.74 Å². The Bertz CT molecular complexity index is 270. The van der Waals surface area contributed by atoms with Crippen molar-refractivity contribution in [2.75, 3.05) is 6.61 Å². The summed E-state index contributed by atoms with van der Waals surface area (Å²) < 4.78 is 4.78. The van der Waals surface area contributed by atoms with Crippen LogP contribution in [0.2, 0.25) is 0 Å². The summed E-state index contributed by atoms with van der Waals surface area (Å²) in [6, 6.07) is 0. The number of esters is 1. The van der Waals surface area contributed by atoms with Gasteiger partial charge in [-0.3, -0.25) is 4.79 Å². The monoisotopic (exact) mass is 185 g/mol. The van der Waals surface area contributed by atoms with E-state index in [1.54, 1.807) is 11.3 Å². The van der Waals surface area contributed by atoms with Gasteiger partial charge in [0.2, 0.25) is 0 Å². The molecule has 0 spiro atoms. The summed E-state index contributed by atoms with van der Waals surface area (Å²) in [5, 5.41) is 3.03. The van der Waals surface area contributed by atoms with Crippen LogP contribution in [0.25, 0.3) is 0 Å². The fourth-order valence-corrected chi connectivity index (χ4v) is 1.47. The van der Waals surface area contributed by atoms with Crippen LogP contribution in [0, 0.1) is 6.92 Å². The number of hydrogen-bond acceptors (Lipinski definition) is 4. The number of thiazole rings is 1. The molecule has 0 fully saturated rings. The van der Waals surface area contributed by atoms with Gasteiger partial charge in [0.1, 0.15) is 0 Å². The first-order chi connectivity index (χ1) is 5.68. The number of carbonyl (C=O) groups excluding carboxylic acids is 1. The molecule has 0 atom stereocenters. The van der Waals surface area contributed by atoms with Gasteiger partial charge in [-0.1, -0.05) is 0 Å². The first kappa shape index (κ1) is 9.19. The number of hydrogen-bond donors (Lipinski definition) is 0. The summed E-state index contributed by atoms with van der Waals surface area (Å²) in [4.78, 5) is 14.6. The molecular weight excluding hydrogens is 174 g/mol. The Hall–Kier alpha value is -0.900. The van der Waals surface area contributed by atoms with Crippen LogP contribution < -0.4 is 0 Å². The average molecular weight is 185 g/mol. The third-order valence-electron chi connectivity index (χ3n) is 1.33. The molecule has 1 aromatic rings. The number of carbonyl (C=O) groups is 1. The highest BCUT2D eigenvalue weighted by molar-refractivity contribution is 7.09. The van der Waals surface area contributed by atoms with Crippen LogP contribution in [0.15, 0.2) is 5.38 Å². The molecule has 0 aliphatic rings. The number of nitrogens with zero attached hydrogens (tertiary/aromatic N) is 1. The molecule has 0 aliphatic carbocycles. The molecule has 0 aliphatic heterocycles. The molecule has 12 heavy (non-hydrogen) atoms. The van der Waals surface area contributed by atoms with E-state index < -0.39 is 0 Å². The van der Waals surface area contributed by atoms with Crippen molar-refractivity contribution in [2.45, 2.75) is 20.3 Å². The van der Waals surface area contributed by atoms with E-state index in [2.05, 4.69) is 4.98 Å². The summed E-state index contributed by atoms with van der Waals surface area (Å²) in [6.07, 6.45) is 0.712. The minimum absolute atomic E-state index is 0.234. The number of aromatic nitrogens is 1. The molecule has 0 saturated heterocycles. The number of rotatable bonds is 3. The van der Waals surface area contributed by atoms with Crippen molar-refractivity contribution in [3.63, 3.8) is 0 Å². The zero-order valence-electron chi connectivity index (χ0n) is 7.16. The van der Waals surface area contributed by atoms with Crippen molar-refractivity contribution in [3.05, 3.63) is 16.1 Å². The van der Waals surface area contributed by atoms with Gasteiger partial charge in [0, 0.05) is 18.7 Å². The Balaban J connectivity index is 2.29. The molecule has 0 radical (unpaired) electrons. The van der Waals surface area contributed by atoms with Gasteiger partial charge in [-0.2, -0.15) is 0 Å². The molecule has 1 aromatic heterocycles. The summed E-state index contributed by atoms with van der Waals surface area (Å²) >= 11 is 1.61. The van der Waals surface area contributed by atoms with E-state index in [4.69, 9.17) is 4.74 Å². The maximum absolute atomic E-state index is 10.4. The van der Waals surface area contributed by atoms with Crippen LogP contribution in [0.5, 0.6) is 0 Å². The first-order valence-electron chi connectivity index (χ1n) is 3.73. The Morgan fingerprint density at radius 3 is 3.00 bits per heavy atom. The summed E-state index contributed by atoms with van der Waals surface area (Å²) in [5.74, 6) is -0.234. The van der Waals surface area contributed by atoms with Crippen molar-refractivity contribution in [1.29, 1.82) is 0 Å². The van der Waals surface area contributed by atoms with E-state index in [0.29, 0.717) is 13.0 Å². The highest BCUT2D eigenvalue weighted by Gasteiger charge is 1.98. The van der Waals surface area contributed by atoms with Gasteiger partial charge in [-0.05, 0) is 6.92 Å². The molecule has 0 N–H and O–H groups in total. The smallest absolute Gasteiger partial charge is 0.302 e. The summed E-state index contributed by atoms with van der Waals surface area (Å²) in [5.41, 5.74) is 0.999. The van der Waals surface area contributed by atoms with Crippen LogP contribution >= 0.6 is 11.3 Å². The van der Waals surface area contributed by atoms with E-state index in [0.717, 1.165) is 10.7 Å². The second-order valence-electron chi connectivity index (χ2n) is 2.45. The fourth-order valence-electron chi connectivity index (χ4n) is 0.822. The summed E-state index contributed by atoms with van der Waals surface area (Å²) in [7, 11) is 0. The maximum atomic E-state index is 10.4. The van der Waals surface area contributed by atoms with Gasteiger partial charge in [0.15, 0.2) is 0 Å². The molecule has 3 nitrogen and oxygen atoms in total. The normalized spacial score (nSPS) is 9.83. The zero-order chi connectivity index (χ0) is 8.97. The van der Waals surface area contributed by atoms with Crippen molar-refractivity contribution < 1.29 is 9.53 Å². The molecular formula is C8H11NO2S. The summed E-state index contributed by atoms with van der Waals surface area (Å²) in [6.45, 7) is 3.80. The van der Waals surface area contributed by atoms with Gasteiger partial charge >= 0.3 is 5.97 Å². The number of aryl methyl sites for hydroxylation is 1. The Kier molecular flexibility index (Phi) is 3.22. The highest BCUT2D eigenvalue weighted by Crippen LogP contribution is 2.08. The van der Waals surface area contributed by atoms with E-state index >= 15 is 0 Å². The third kappa shape index (κ3) is 3.00. The molecule has 0 bridgehead atoms. The lowest BCUT2D eigenvalue weighted by atomic mass is 10.4. The standard InChI is InChI=1S/C8H11NO2S/c1-6-9-8(5-12-6)3-4-11-7(2)10/h5H,3-4H2,1-2H3. The molecule has 0 saturated carbocycles. The van der Waals surface area contributed by atoms with Crippen molar-refractivity contribution >= 4 is 17.3 Å².